The van der Waals surface area contributed by atoms with Gasteiger partial charge in [-0.3, -0.25) is 4.79 Å². The van der Waals surface area contributed by atoms with Gasteiger partial charge in [-0.25, -0.2) is 0 Å². The van der Waals surface area contributed by atoms with Gasteiger partial charge in [0.25, 0.3) is 0 Å². The Morgan fingerprint density at radius 1 is 1.35 bits per heavy atom. The van der Waals surface area contributed by atoms with Gasteiger partial charge < -0.3 is 14.4 Å². The molecule has 0 aliphatic carbocycles. The number of ether oxygens (including phenoxy) is 2. The topological polar surface area (TPSA) is 38.8 Å². The molecular weight excluding hydrogens is 254 g/mol. The maximum atomic E-state index is 11.5. The number of hydrogen-bond acceptors (Lipinski definition) is 4. The minimum atomic E-state index is -0.0563. The number of benzene rings is 1. The van der Waals surface area contributed by atoms with Gasteiger partial charge in [-0.05, 0) is 32.0 Å². The van der Waals surface area contributed by atoms with Crippen molar-refractivity contribution in [3.05, 3.63) is 29.8 Å². The lowest BCUT2D eigenvalue weighted by Gasteiger charge is -2.32. The van der Waals surface area contributed by atoms with Crippen LogP contribution in [0.1, 0.15) is 24.3 Å². The third-order valence-electron chi connectivity index (χ3n) is 4.40. The molecule has 2 aliphatic rings. The number of rotatable bonds is 3. The molecule has 0 amide bonds. The molecule has 0 saturated carbocycles. The molecule has 1 saturated heterocycles. The molecule has 0 radical (unpaired) electrons. The van der Waals surface area contributed by atoms with Crippen LogP contribution in [-0.4, -0.2) is 44.2 Å². The van der Waals surface area contributed by atoms with Crippen LogP contribution < -0.4 is 4.74 Å². The first-order chi connectivity index (χ1) is 9.78. The number of likely N-dealkylation sites (tertiary alicyclic amines) is 1. The number of hydrogen-bond donors (Lipinski definition) is 0. The molecular formula is C16H21NO3. The van der Waals surface area contributed by atoms with Gasteiger partial charge in [0.2, 0.25) is 0 Å². The highest BCUT2D eigenvalue weighted by atomic mass is 16.5. The van der Waals surface area contributed by atoms with Crippen molar-refractivity contribution in [2.45, 2.75) is 18.8 Å². The van der Waals surface area contributed by atoms with Crippen molar-refractivity contribution >= 4 is 5.97 Å². The number of methoxy groups -OCH3 is 1. The van der Waals surface area contributed by atoms with Crippen LogP contribution in [0.4, 0.5) is 0 Å². The van der Waals surface area contributed by atoms with E-state index in [1.54, 1.807) is 0 Å². The summed E-state index contributed by atoms with van der Waals surface area (Å²) in [4.78, 5) is 14.0. The van der Waals surface area contributed by atoms with E-state index in [1.807, 2.05) is 12.1 Å². The van der Waals surface area contributed by atoms with Crippen molar-refractivity contribution in [2.75, 3.05) is 33.4 Å². The Morgan fingerprint density at radius 3 is 2.85 bits per heavy atom. The molecule has 2 aliphatic heterocycles. The largest absolute Gasteiger partial charge is 0.493 e. The summed E-state index contributed by atoms with van der Waals surface area (Å²) in [6.45, 7) is 3.73. The zero-order valence-corrected chi connectivity index (χ0v) is 11.9. The van der Waals surface area contributed by atoms with Gasteiger partial charge in [-0.15, -0.1) is 0 Å². The summed E-state index contributed by atoms with van der Waals surface area (Å²) in [5.74, 6) is 1.52. The zero-order chi connectivity index (χ0) is 13.9. The standard InChI is InChI=1S/C16H21NO3/c1-19-16(18)12-6-8-17(9-7-12)10-13-11-20-15-5-3-2-4-14(13)15/h2-5,12-13H,6-11H2,1H3. The number of nitrogens with zero attached hydrogens (tertiary/aromatic N) is 1. The van der Waals surface area contributed by atoms with Crippen LogP contribution >= 0.6 is 0 Å². The van der Waals surface area contributed by atoms with Crippen molar-refractivity contribution in [1.82, 2.24) is 4.90 Å². The van der Waals surface area contributed by atoms with E-state index in [2.05, 4.69) is 17.0 Å². The van der Waals surface area contributed by atoms with Gasteiger partial charge in [-0.1, -0.05) is 18.2 Å². The van der Waals surface area contributed by atoms with Crippen molar-refractivity contribution < 1.29 is 14.3 Å². The predicted molar refractivity (Wildman–Crippen MR) is 75.9 cm³/mol. The van der Waals surface area contributed by atoms with E-state index in [0.717, 1.165) is 44.8 Å². The molecule has 1 unspecified atom stereocenters. The van der Waals surface area contributed by atoms with Gasteiger partial charge in [0, 0.05) is 18.0 Å². The van der Waals surface area contributed by atoms with E-state index < -0.39 is 0 Å². The van der Waals surface area contributed by atoms with E-state index in [4.69, 9.17) is 9.47 Å². The van der Waals surface area contributed by atoms with Crippen LogP contribution in [-0.2, 0) is 9.53 Å². The second-order valence-electron chi connectivity index (χ2n) is 5.64. The third-order valence-corrected chi connectivity index (χ3v) is 4.40. The Morgan fingerprint density at radius 2 is 2.10 bits per heavy atom. The van der Waals surface area contributed by atoms with Crippen LogP contribution in [0.15, 0.2) is 24.3 Å². The minimum Gasteiger partial charge on any atom is -0.493 e. The average Bonchev–Trinajstić information content (AvgIpc) is 2.91. The normalized spacial score (nSPS) is 23.1. The highest BCUT2D eigenvalue weighted by Gasteiger charge is 2.30. The highest BCUT2D eigenvalue weighted by molar-refractivity contribution is 5.72. The fourth-order valence-corrected chi connectivity index (χ4v) is 3.21. The molecule has 4 nitrogen and oxygen atoms in total. The van der Waals surface area contributed by atoms with Gasteiger partial charge in [0.05, 0.1) is 19.6 Å². The summed E-state index contributed by atoms with van der Waals surface area (Å²) >= 11 is 0. The summed E-state index contributed by atoms with van der Waals surface area (Å²) in [6.07, 6.45) is 1.81. The lowest BCUT2D eigenvalue weighted by molar-refractivity contribution is -0.147. The molecule has 0 bridgehead atoms. The molecule has 1 atom stereocenters. The number of piperidine rings is 1. The first-order valence-electron chi connectivity index (χ1n) is 7.30. The molecule has 4 heteroatoms. The summed E-state index contributed by atoms with van der Waals surface area (Å²) in [7, 11) is 1.47. The molecule has 108 valence electrons. The van der Waals surface area contributed by atoms with Crippen molar-refractivity contribution in [1.29, 1.82) is 0 Å². The number of carbonyl (C=O) groups is 1. The van der Waals surface area contributed by atoms with Crippen molar-refractivity contribution in [3.63, 3.8) is 0 Å². The van der Waals surface area contributed by atoms with Crippen molar-refractivity contribution in [2.24, 2.45) is 5.92 Å². The van der Waals surface area contributed by atoms with E-state index in [-0.39, 0.29) is 11.9 Å². The van der Waals surface area contributed by atoms with Gasteiger partial charge in [-0.2, -0.15) is 0 Å². The molecule has 1 aromatic rings. The lowest BCUT2D eigenvalue weighted by Crippen LogP contribution is -2.39. The first kappa shape index (κ1) is 13.4. The highest BCUT2D eigenvalue weighted by Crippen LogP contribution is 2.34. The second kappa shape index (κ2) is 5.83. The zero-order valence-electron chi connectivity index (χ0n) is 11.9. The predicted octanol–water partition coefficient (Wildman–Crippen LogP) is 2.05. The quantitative estimate of drug-likeness (QED) is 0.791. The van der Waals surface area contributed by atoms with Crippen LogP contribution in [0.5, 0.6) is 5.75 Å². The van der Waals surface area contributed by atoms with E-state index >= 15 is 0 Å². The lowest BCUT2D eigenvalue weighted by atomic mass is 9.95. The van der Waals surface area contributed by atoms with Crippen LogP contribution in [0.25, 0.3) is 0 Å². The number of esters is 1. The molecule has 0 aromatic heterocycles. The molecule has 20 heavy (non-hydrogen) atoms. The average molecular weight is 275 g/mol. The van der Waals surface area contributed by atoms with E-state index in [9.17, 15) is 4.79 Å². The van der Waals surface area contributed by atoms with Gasteiger partial charge >= 0.3 is 5.97 Å². The minimum absolute atomic E-state index is 0.0563. The first-order valence-corrected chi connectivity index (χ1v) is 7.30. The van der Waals surface area contributed by atoms with Gasteiger partial charge in [0.15, 0.2) is 0 Å². The van der Waals surface area contributed by atoms with Crippen LogP contribution in [0.3, 0.4) is 0 Å². The Hall–Kier alpha value is -1.55. The Labute approximate surface area is 119 Å². The second-order valence-corrected chi connectivity index (χ2v) is 5.64. The molecule has 0 N–H and O–H groups in total. The Balaban J connectivity index is 1.55. The summed E-state index contributed by atoms with van der Waals surface area (Å²) in [5, 5.41) is 0. The number of para-hydroxylation sites is 1. The molecule has 3 rings (SSSR count). The van der Waals surface area contributed by atoms with Crippen LogP contribution in [0.2, 0.25) is 0 Å². The molecule has 2 heterocycles. The SMILES string of the molecule is COC(=O)C1CCN(CC2COc3ccccc32)CC1. The maximum Gasteiger partial charge on any atom is 0.308 e. The summed E-state index contributed by atoms with van der Waals surface area (Å²) in [5.41, 5.74) is 1.32. The van der Waals surface area contributed by atoms with E-state index in [0.29, 0.717) is 5.92 Å². The van der Waals surface area contributed by atoms with Crippen LogP contribution in [0, 0.1) is 5.92 Å². The fourth-order valence-electron chi connectivity index (χ4n) is 3.21. The molecule has 1 fully saturated rings. The monoisotopic (exact) mass is 275 g/mol. The maximum absolute atomic E-state index is 11.5. The number of carbonyl (C=O) groups excluding carboxylic acids is 1. The molecule has 1 aromatic carbocycles. The van der Waals surface area contributed by atoms with E-state index in [1.165, 1.54) is 12.7 Å². The smallest absolute Gasteiger partial charge is 0.308 e. The Kier molecular flexibility index (Phi) is 3.92. The fraction of sp³-hybridized carbons (Fsp3) is 0.562. The summed E-state index contributed by atoms with van der Waals surface area (Å²) < 4.78 is 10.6. The summed E-state index contributed by atoms with van der Waals surface area (Å²) in [6, 6.07) is 8.29. The molecule has 0 spiro atoms. The van der Waals surface area contributed by atoms with Gasteiger partial charge in [0.1, 0.15) is 5.75 Å². The third kappa shape index (κ3) is 2.66. The van der Waals surface area contributed by atoms with Crippen molar-refractivity contribution in [3.8, 4) is 5.75 Å². The Bertz CT molecular complexity index is 480. The number of fused-ring (bicyclic) bond motifs is 1.